The molecule has 0 unspecified atom stereocenters. The summed E-state index contributed by atoms with van der Waals surface area (Å²) in [7, 11) is 0. The monoisotopic (exact) mass is 386 g/mol. The number of aromatic amines is 1. The van der Waals surface area contributed by atoms with Crippen molar-refractivity contribution in [1.29, 1.82) is 0 Å². The zero-order chi connectivity index (χ0) is 20.2. The summed E-state index contributed by atoms with van der Waals surface area (Å²) in [4.78, 5) is 4.43. The Balaban J connectivity index is 1.46. The molecule has 0 fully saturated rings. The van der Waals surface area contributed by atoms with Crippen molar-refractivity contribution in [2.45, 2.75) is 51.4 Å². The van der Waals surface area contributed by atoms with Crippen molar-refractivity contribution in [2.24, 2.45) is 0 Å². The molecule has 29 heavy (non-hydrogen) atoms. The lowest BCUT2D eigenvalue weighted by molar-refractivity contribution is 0.332. The Kier molecular flexibility index (Phi) is 3.85. The molecule has 4 aromatic rings. The van der Waals surface area contributed by atoms with Crippen LogP contribution in [0.1, 0.15) is 51.7 Å². The van der Waals surface area contributed by atoms with Crippen LogP contribution in [0.4, 0.5) is 11.7 Å². The van der Waals surface area contributed by atoms with E-state index in [1.807, 2.05) is 18.2 Å². The fourth-order valence-electron chi connectivity index (χ4n) is 4.35. The highest BCUT2D eigenvalue weighted by molar-refractivity contribution is 5.82. The molecule has 1 aliphatic rings. The molecule has 0 spiro atoms. The number of nitrogens with one attached hydrogen (secondary N) is 2. The lowest BCUT2D eigenvalue weighted by Crippen LogP contribution is -2.33. The second-order valence-electron chi connectivity index (χ2n) is 9.35. The maximum Gasteiger partial charge on any atom is 0.299 e. The number of oxazole rings is 1. The van der Waals surface area contributed by atoms with Crippen molar-refractivity contribution < 1.29 is 4.42 Å². The van der Waals surface area contributed by atoms with Crippen LogP contribution in [0.3, 0.4) is 0 Å². The number of aromatic nitrogens is 3. The fraction of sp³-hybridized carbons (Fsp3) is 0.333. The predicted molar refractivity (Wildman–Crippen MR) is 117 cm³/mol. The zero-order valence-electron chi connectivity index (χ0n) is 17.3. The first kappa shape index (κ1) is 18.0. The minimum absolute atomic E-state index is 0.169. The Bertz CT molecular complexity index is 1200. The van der Waals surface area contributed by atoms with Gasteiger partial charge in [-0.15, -0.1) is 0 Å². The molecular weight excluding hydrogens is 360 g/mol. The van der Waals surface area contributed by atoms with E-state index < -0.39 is 0 Å². The van der Waals surface area contributed by atoms with Crippen LogP contribution < -0.4 is 5.32 Å². The number of hydrogen-bond acceptors (Lipinski definition) is 4. The van der Waals surface area contributed by atoms with E-state index in [4.69, 9.17) is 4.42 Å². The van der Waals surface area contributed by atoms with Crippen LogP contribution in [0, 0.1) is 0 Å². The van der Waals surface area contributed by atoms with Gasteiger partial charge in [-0.1, -0.05) is 39.8 Å². The van der Waals surface area contributed by atoms with Crippen LogP contribution in [0.15, 0.2) is 53.2 Å². The van der Waals surface area contributed by atoms with E-state index >= 15 is 0 Å². The Labute approximate surface area is 170 Å². The first-order chi connectivity index (χ1) is 13.8. The van der Waals surface area contributed by atoms with Gasteiger partial charge in [-0.05, 0) is 59.1 Å². The predicted octanol–water partition coefficient (Wildman–Crippen LogP) is 6.31. The van der Waals surface area contributed by atoms with E-state index in [9.17, 15) is 0 Å². The highest BCUT2D eigenvalue weighted by atomic mass is 16.4. The second kappa shape index (κ2) is 6.21. The number of benzene rings is 2. The van der Waals surface area contributed by atoms with E-state index in [1.165, 1.54) is 24.0 Å². The van der Waals surface area contributed by atoms with Crippen molar-refractivity contribution >= 4 is 22.6 Å². The highest BCUT2D eigenvalue weighted by Crippen LogP contribution is 2.46. The maximum absolute atomic E-state index is 6.03. The molecule has 148 valence electrons. The molecule has 2 heterocycles. The van der Waals surface area contributed by atoms with E-state index in [2.05, 4.69) is 66.4 Å². The average Bonchev–Trinajstić information content (AvgIpc) is 3.34. The van der Waals surface area contributed by atoms with Crippen molar-refractivity contribution in [3.8, 4) is 11.3 Å². The van der Waals surface area contributed by atoms with Crippen molar-refractivity contribution in [1.82, 2.24) is 15.2 Å². The van der Waals surface area contributed by atoms with Gasteiger partial charge >= 0.3 is 0 Å². The fourth-order valence-corrected chi connectivity index (χ4v) is 4.35. The minimum Gasteiger partial charge on any atom is -0.423 e. The SMILES string of the molecule is CC1(C)CCC(C)(C)c2cc(-c3cnc(Nc4ccc5[nH]ncc5c4)o3)ccc21. The summed E-state index contributed by atoms with van der Waals surface area (Å²) in [6.45, 7) is 9.36. The van der Waals surface area contributed by atoms with Crippen LogP contribution in [0.25, 0.3) is 22.2 Å². The summed E-state index contributed by atoms with van der Waals surface area (Å²) in [5.41, 5.74) is 6.24. The van der Waals surface area contributed by atoms with Gasteiger partial charge in [-0.25, -0.2) is 4.98 Å². The van der Waals surface area contributed by atoms with Gasteiger partial charge in [0.05, 0.1) is 17.9 Å². The van der Waals surface area contributed by atoms with E-state index in [1.54, 1.807) is 12.4 Å². The summed E-state index contributed by atoms with van der Waals surface area (Å²) in [5.74, 6) is 0.777. The normalized spacial score (nSPS) is 17.2. The smallest absolute Gasteiger partial charge is 0.299 e. The van der Waals surface area contributed by atoms with Gasteiger partial charge in [0.1, 0.15) is 0 Å². The first-order valence-corrected chi connectivity index (χ1v) is 10.1. The largest absolute Gasteiger partial charge is 0.423 e. The van der Waals surface area contributed by atoms with Crippen molar-refractivity contribution in [3.05, 3.63) is 59.9 Å². The standard InChI is InChI=1S/C24H26N4O/c1-23(2)9-10-24(3,4)19-12-15(5-7-18(19)23)21-14-25-22(29-21)27-17-6-8-20-16(11-17)13-26-28-20/h5-8,11-14H,9-10H2,1-4H3,(H,25,27)(H,26,28). The zero-order valence-corrected chi connectivity index (χ0v) is 17.3. The van der Waals surface area contributed by atoms with E-state index in [0.29, 0.717) is 6.01 Å². The molecule has 2 aromatic heterocycles. The molecule has 5 heteroatoms. The molecule has 0 radical (unpaired) electrons. The molecule has 5 rings (SSSR count). The Morgan fingerprint density at radius 2 is 1.72 bits per heavy atom. The lowest BCUT2D eigenvalue weighted by Gasteiger charge is -2.42. The lowest BCUT2D eigenvalue weighted by atomic mass is 9.63. The van der Waals surface area contributed by atoms with Crippen LogP contribution >= 0.6 is 0 Å². The quantitative estimate of drug-likeness (QED) is 0.433. The van der Waals surface area contributed by atoms with Gasteiger partial charge in [-0.2, -0.15) is 5.10 Å². The third kappa shape index (κ3) is 3.11. The van der Waals surface area contributed by atoms with Gasteiger partial charge in [0, 0.05) is 16.6 Å². The highest BCUT2D eigenvalue weighted by Gasteiger charge is 2.37. The summed E-state index contributed by atoms with van der Waals surface area (Å²) >= 11 is 0. The molecule has 5 nitrogen and oxygen atoms in total. The van der Waals surface area contributed by atoms with E-state index in [-0.39, 0.29) is 10.8 Å². The van der Waals surface area contributed by atoms with Gasteiger partial charge in [0.25, 0.3) is 6.01 Å². The molecule has 0 atom stereocenters. The number of anilines is 2. The number of rotatable bonds is 3. The molecular formula is C24H26N4O. The van der Waals surface area contributed by atoms with Crippen molar-refractivity contribution in [3.63, 3.8) is 0 Å². The number of hydrogen-bond donors (Lipinski definition) is 2. The molecule has 0 amide bonds. The summed E-state index contributed by atoms with van der Waals surface area (Å²) in [5, 5.41) is 11.3. The van der Waals surface area contributed by atoms with Gasteiger partial charge < -0.3 is 9.73 Å². The molecule has 2 N–H and O–H groups in total. The van der Waals surface area contributed by atoms with Crippen LogP contribution in [-0.2, 0) is 10.8 Å². The first-order valence-electron chi connectivity index (χ1n) is 10.1. The van der Waals surface area contributed by atoms with E-state index in [0.717, 1.165) is 27.9 Å². The molecule has 2 aromatic carbocycles. The average molecular weight is 386 g/mol. The van der Waals surface area contributed by atoms with Crippen LogP contribution in [0.5, 0.6) is 0 Å². The molecule has 1 aliphatic carbocycles. The summed E-state index contributed by atoms with van der Waals surface area (Å²) < 4.78 is 6.03. The molecule has 0 saturated heterocycles. The number of fused-ring (bicyclic) bond motifs is 2. The second-order valence-corrected chi connectivity index (χ2v) is 9.35. The Morgan fingerprint density at radius 3 is 2.55 bits per heavy atom. The summed E-state index contributed by atoms with van der Waals surface area (Å²) in [6, 6.07) is 13.2. The third-order valence-electron chi connectivity index (χ3n) is 6.33. The minimum atomic E-state index is 0.169. The topological polar surface area (TPSA) is 66.7 Å². The Morgan fingerprint density at radius 1 is 0.931 bits per heavy atom. The van der Waals surface area contributed by atoms with Crippen LogP contribution in [0.2, 0.25) is 0 Å². The number of H-pyrrole nitrogens is 1. The summed E-state index contributed by atoms with van der Waals surface area (Å²) in [6.07, 6.45) is 6.00. The van der Waals surface area contributed by atoms with Crippen LogP contribution in [-0.4, -0.2) is 15.2 Å². The molecule has 0 saturated carbocycles. The molecule has 0 bridgehead atoms. The van der Waals surface area contributed by atoms with Gasteiger partial charge in [0.2, 0.25) is 0 Å². The van der Waals surface area contributed by atoms with Crippen molar-refractivity contribution in [2.75, 3.05) is 5.32 Å². The van der Waals surface area contributed by atoms with Gasteiger partial charge in [-0.3, -0.25) is 5.10 Å². The Hall–Kier alpha value is -3.08. The van der Waals surface area contributed by atoms with Gasteiger partial charge in [0.15, 0.2) is 5.76 Å². The molecule has 0 aliphatic heterocycles. The number of nitrogens with zero attached hydrogens (tertiary/aromatic N) is 2. The maximum atomic E-state index is 6.03. The third-order valence-corrected chi connectivity index (χ3v) is 6.33.